The summed E-state index contributed by atoms with van der Waals surface area (Å²) < 4.78 is 0. The number of rotatable bonds is 5. The number of hydrogen-bond acceptors (Lipinski definition) is 4. The van der Waals surface area contributed by atoms with Gasteiger partial charge in [-0.05, 0) is 80.5 Å². The smallest absolute Gasteiger partial charge is 0.0935 e. The van der Waals surface area contributed by atoms with Gasteiger partial charge in [-0.25, -0.2) is 0 Å². The lowest BCUT2D eigenvalue weighted by molar-refractivity contribution is 0.578. The summed E-state index contributed by atoms with van der Waals surface area (Å²) in [4.78, 5) is 13.9. The van der Waals surface area contributed by atoms with E-state index in [-0.39, 0.29) is 0 Å². The highest BCUT2D eigenvalue weighted by Crippen LogP contribution is 2.33. The molecular weight excluding hydrogens is 392 g/mol. The fourth-order valence-corrected chi connectivity index (χ4v) is 4.88. The standard InChI is InChI=1S/C28H32N4/c1-2-19-31(20-3-1)26-10-8-25(9-11-26)28-27(5-4-16-30-28)32-21-14-24(15-22-32)7-6-23-12-17-29-18-13-23/h4-5,7-13,16-18H,1-3,6,14-15,19-22H2. The van der Waals surface area contributed by atoms with Gasteiger partial charge in [-0.2, -0.15) is 0 Å². The van der Waals surface area contributed by atoms with Gasteiger partial charge in [0.25, 0.3) is 0 Å². The summed E-state index contributed by atoms with van der Waals surface area (Å²) in [6, 6.07) is 17.5. The summed E-state index contributed by atoms with van der Waals surface area (Å²) in [5.74, 6) is 0. The fourth-order valence-electron chi connectivity index (χ4n) is 4.88. The van der Waals surface area contributed by atoms with Gasteiger partial charge in [-0.15, -0.1) is 0 Å². The minimum Gasteiger partial charge on any atom is -0.372 e. The molecule has 0 saturated carbocycles. The van der Waals surface area contributed by atoms with Gasteiger partial charge < -0.3 is 9.80 Å². The van der Waals surface area contributed by atoms with Crippen LogP contribution < -0.4 is 9.80 Å². The monoisotopic (exact) mass is 424 g/mol. The number of allylic oxidation sites excluding steroid dienone is 1. The van der Waals surface area contributed by atoms with Gasteiger partial charge >= 0.3 is 0 Å². The molecule has 0 aliphatic carbocycles. The lowest BCUT2D eigenvalue weighted by Crippen LogP contribution is -2.31. The van der Waals surface area contributed by atoms with Crippen LogP contribution in [0.5, 0.6) is 0 Å². The molecule has 0 atom stereocenters. The average Bonchev–Trinajstić information content (AvgIpc) is 2.89. The van der Waals surface area contributed by atoms with Crippen molar-refractivity contribution in [2.75, 3.05) is 36.0 Å². The molecule has 32 heavy (non-hydrogen) atoms. The highest BCUT2D eigenvalue weighted by molar-refractivity contribution is 5.76. The minimum absolute atomic E-state index is 0.999. The normalized spacial score (nSPS) is 16.8. The van der Waals surface area contributed by atoms with Crippen LogP contribution in [0.15, 0.2) is 78.8 Å². The van der Waals surface area contributed by atoms with E-state index in [1.54, 1.807) is 5.57 Å². The summed E-state index contributed by atoms with van der Waals surface area (Å²) in [6.45, 7) is 4.46. The molecule has 0 N–H and O–H groups in total. The molecule has 2 aromatic heterocycles. The van der Waals surface area contributed by atoms with Crippen molar-refractivity contribution in [2.24, 2.45) is 0 Å². The van der Waals surface area contributed by atoms with Gasteiger partial charge in [0.05, 0.1) is 11.4 Å². The summed E-state index contributed by atoms with van der Waals surface area (Å²) in [5.41, 5.74) is 7.80. The Kier molecular flexibility index (Phi) is 6.48. The Morgan fingerprint density at radius 3 is 2.25 bits per heavy atom. The Morgan fingerprint density at radius 2 is 1.50 bits per heavy atom. The van der Waals surface area contributed by atoms with E-state index in [0.29, 0.717) is 0 Å². The predicted molar refractivity (Wildman–Crippen MR) is 133 cm³/mol. The fraction of sp³-hybridized carbons (Fsp3) is 0.357. The lowest BCUT2D eigenvalue weighted by Gasteiger charge is -2.32. The van der Waals surface area contributed by atoms with Crippen LogP contribution in [0.4, 0.5) is 11.4 Å². The molecule has 4 heteroatoms. The van der Waals surface area contributed by atoms with E-state index in [0.717, 1.165) is 38.0 Å². The van der Waals surface area contributed by atoms with E-state index < -0.39 is 0 Å². The lowest BCUT2D eigenvalue weighted by atomic mass is 9.99. The molecule has 2 saturated heterocycles. The maximum atomic E-state index is 4.79. The molecule has 2 fully saturated rings. The number of nitrogens with zero attached hydrogens (tertiary/aromatic N) is 4. The third kappa shape index (κ3) is 4.85. The van der Waals surface area contributed by atoms with Gasteiger partial charge in [0.1, 0.15) is 0 Å². The highest BCUT2D eigenvalue weighted by Gasteiger charge is 2.19. The van der Waals surface area contributed by atoms with E-state index in [1.165, 1.54) is 54.9 Å². The van der Waals surface area contributed by atoms with Crippen molar-refractivity contribution >= 4 is 11.4 Å². The molecule has 0 spiro atoms. The zero-order chi connectivity index (χ0) is 21.6. The summed E-state index contributed by atoms with van der Waals surface area (Å²) in [7, 11) is 0. The van der Waals surface area contributed by atoms with E-state index in [9.17, 15) is 0 Å². The van der Waals surface area contributed by atoms with Crippen molar-refractivity contribution in [3.63, 3.8) is 0 Å². The van der Waals surface area contributed by atoms with Crippen LogP contribution in [0.2, 0.25) is 0 Å². The Labute approximate surface area is 191 Å². The third-order valence-corrected chi connectivity index (χ3v) is 6.77. The predicted octanol–water partition coefficient (Wildman–Crippen LogP) is 5.90. The Balaban J connectivity index is 1.27. The van der Waals surface area contributed by atoms with Gasteiger partial charge in [-0.3, -0.25) is 9.97 Å². The number of piperidine rings is 2. The van der Waals surface area contributed by atoms with Crippen molar-refractivity contribution < 1.29 is 0 Å². The van der Waals surface area contributed by atoms with E-state index in [4.69, 9.17) is 4.98 Å². The molecule has 164 valence electrons. The van der Waals surface area contributed by atoms with E-state index in [2.05, 4.69) is 69.4 Å². The molecule has 4 heterocycles. The zero-order valence-electron chi connectivity index (χ0n) is 18.8. The number of pyridine rings is 2. The van der Waals surface area contributed by atoms with Crippen LogP contribution in [0.3, 0.4) is 0 Å². The molecule has 0 bridgehead atoms. The maximum absolute atomic E-state index is 4.79. The Bertz CT molecular complexity index is 1030. The number of benzene rings is 1. The van der Waals surface area contributed by atoms with Crippen molar-refractivity contribution in [3.05, 3.63) is 84.3 Å². The Morgan fingerprint density at radius 1 is 0.750 bits per heavy atom. The number of anilines is 2. The number of hydrogen-bond donors (Lipinski definition) is 0. The van der Waals surface area contributed by atoms with Gasteiger partial charge in [-0.1, -0.05) is 23.8 Å². The quantitative estimate of drug-likeness (QED) is 0.477. The molecule has 3 aromatic rings. The summed E-state index contributed by atoms with van der Waals surface area (Å²) in [6.07, 6.45) is 15.3. The van der Waals surface area contributed by atoms with Crippen molar-refractivity contribution in [1.29, 1.82) is 0 Å². The van der Waals surface area contributed by atoms with Crippen molar-refractivity contribution in [2.45, 2.75) is 38.5 Å². The highest BCUT2D eigenvalue weighted by atomic mass is 15.1. The van der Waals surface area contributed by atoms with Crippen molar-refractivity contribution in [3.8, 4) is 11.3 Å². The molecule has 0 amide bonds. The minimum atomic E-state index is 0.999. The van der Waals surface area contributed by atoms with E-state index in [1.807, 2.05) is 18.6 Å². The van der Waals surface area contributed by atoms with Crippen LogP contribution >= 0.6 is 0 Å². The second-order valence-electron chi connectivity index (χ2n) is 8.87. The van der Waals surface area contributed by atoms with Crippen molar-refractivity contribution in [1.82, 2.24) is 9.97 Å². The molecule has 4 nitrogen and oxygen atoms in total. The van der Waals surface area contributed by atoms with Crippen LogP contribution in [0.1, 0.15) is 37.7 Å². The van der Waals surface area contributed by atoms with E-state index >= 15 is 0 Å². The van der Waals surface area contributed by atoms with Gasteiger partial charge in [0, 0.05) is 56.0 Å². The Hall–Kier alpha value is -3.14. The van der Waals surface area contributed by atoms with Gasteiger partial charge in [0.15, 0.2) is 0 Å². The second kappa shape index (κ2) is 9.99. The first-order valence-electron chi connectivity index (χ1n) is 12.0. The number of aromatic nitrogens is 2. The van der Waals surface area contributed by atoms with Crippen LogP contribution in [-0.2, 0) is 6.42 Å². The van der Waals surface area contributed by atoms with Crippen LogP contribution in [-0.4, -0.2) is 36.1 Å². The van der Waals surface area contributed by atoms with Gasteiger partial charge in [0.2, 0.25) is 0 Å². The summed E-state index contributed by atoms with van der Waals surface area (Å²) in [5, 5.41) is 0. The molecule has 1 aromatic carbocycles. The topological polar surface area (TPSA) is 32.3 Å². The third-order valence-electron chi connectivity index (χ3n) is 6.77. The first-order chi connectivity index (χ1) is 15.9. The summed E-state index contributed by atoms with van der Waals surface area (Å²) >= 11 is 0. The largest absolute Gasteiger partial charge is 0.372 e. The van der Waals surface area contributed by atoms with Crippen LogP contribution in [0.25, 0.3) is 11.3 Å². The molecule has 0 unspecified atom stereocenters. The first-order valence-corrected chi connectivity index (χ1v) is 12.0. The molecule has 5 rings (SSSR count). The molecule has 2 aliphatic rings. The average molecular weight is 425 g/mol. The molecular formula is C28H32N4. The zero-order valence-corrected chi connectivity index (χ0v) is 18.8. The van der Waals surface area contributed by atoms with Crippen LogP contribution in [0, 0.1) is 0 Å². The second-order valence-corrected chi connectivity index (χ2v) is 8.87. The first kappa shape index (κ1) is 20.7. The SMILES string of the molecule is C(Cc1ccncc1)=C1CCN(c2cccnc2-c2ccc(N3CCCCC3)cc2)CC1. The molecule has 0 radical (unpaired) electrons. The molecule has 2 aliphatic heterocycles. The maximum Gasteiger partial charge on any atom is 0.0935 e.